The normalized spacial score (nSPS) is 10.5. The molecule has 11 heteroatoms. The van der Waals surface area contributed by atoms with Crippen molar-refractivity contribution in [1.29, 1.82) is 0 Å². The SMILES string of the molecule is CCOc1nnc(-c2cccc(-c3nnc(OCC)c(OCC)n3)n2)nc1OCC. The van der Waals surface area contributed by atoms with E-state index < -0.39 is 0 Å². The number of nitrogens with zero attached hydrogens (tertiary/aromatic N) is 7. The van der Waals surface area contributed by atoms with E-state index in [0.29, 0.717) is 37.8 Å². The predicted molar refractivity (Wildman–Crippen MR) is 107 cm³/mol. The van der Waals surface area contributed by atoms with Crippen molar-refractivity contribution in [2.24, 2.45) is 0 Å². The van der Waals surface area contributed by atoms with Crippen LogP contribution in [0.4, 0.5) is 0 Å². The van der Waals surface area contributed by atoms with Gasteiger partial charge in [-0.2, -0.15) is 9.97 Å². The molecule has 0 amide bonds. The fourth-order valence-corrected chi connectivity index (χ4v) is 2.42. The molecule has 0 saturated carbocycles. The van der Waals surface area contributed by atoms with Crippen molar-refractivity contribution in [3.63, 3.8) is 0 Å². The molecule has 158 valence electrons. The van der Waals surface area contributed by atoms with Gasteiger partial charge in [0.25, 0.3) is 23.5 Å². The second kappa shape index (κ2) is 10.2. The molecular formula is C19H23N7O4. The van der Waals surface area contributed by atoms with E-state index >= 15 is 0 Å². The van der Waals surface area contributed by atoms with Crippen molar-refractivity contribution >= 4 is 0 Å². The van der Waals surface area contributed by atoms with E-state index in [4.69, 9.17) is 18.9 Å². The number of rotatable bonds is 10. The number of pyridine rings is 1. The van der Waals surface area contributed by atoms with Gasteiger partial charge in [0, 0.05) is 0 Å². The van der Waals surface area contributed by atoms with Crippen LogP contribution in [-0.2, 0) is 0 Å². The average molecular weight is 413 g/mol. The van der Waals surface area contributed by atoms with Crippen LogP contribution in [0.1, 0.15) is 27.7 Å². The molecule has 3 aromatic rings. The molecule has 0 unspecified atom stereocenters. The van der Waals surface area contributed by atoms with Crippen LogP contribution in [0.5, 0.6) is 23.5 Å². The fraction of sp³-hybridized carbons (Fsp3) is 0.421. The van der Waals surface area contributed by atoms with Gasteiger partial charge < -0.3 is 18.9 Å². The number of ether oxygens (including phenoxy) is 4. The first kappa shape index (κ1) is 21.1. The Morgan fingerprint density at radius 2 is 0.933 bits per heavy atom. The maximum atomic E-state index is 5.51. The largest absolute Gasteiger partial charge is 0.474 e. The van der Waals surface area contributed by atoms with Gasteiger partial charge in [0.05, 0.1) is 26.4 Å². The molecule has 0 aliphatic heterocycles. The third-order valence-electron chi connectivity index (χ3n) is 3.58. The Morgan fingerprint density at radius 3 is 1.33 bits per heavy atom. The van der Waals surface area contributed by atoms with Crippen molar-refractivity contribution in [1.82, 2.24) is 35.3 Å². The van der Waals surface area contributed by atoms with Crippen molar-refractivity contribution < 1.29 is 18.9 Å². The molecule has 30 heavy (non-hydrogen) atoms. The molecule has 0 atom stereocenters. The second-order valence-electron chi connectivity index (χ2n) is 5.63. The summed E-state index contributed by atoms with van der Waals surface area (Å²) in [4.78, 5) is 13.3. The lowest BCUT2D eigenvalue weighted by molar-refractivity contribution is 0.265. The summed E-state index contributed by atoms with van der Waals surface area (Å²) < 4.78 is 21.8. The van der Waals surface area contributed by atoms with Gasteiger partial charge in [-0.1, -0.05) is 6.07 Å². The Kier molecular flexibility index (Phi) is 7.19. The highest BCUT2D eigenvalue weighted by atomic mass is 16.5. The third-order valence-corrected chi connectivity index (χ3v) is 3.58. The Hall–Kier alpha value is -3.63. The van der Waals surface area contributed by atoms with Crippen LogP contribution in [0.3, 0.4) is 0 Å². The second-order valence-corrected chi connectivity index (χ2v) is 5.63. The highest BCUT2D eigenvalue weighted by Gasteiger charge is 2.17. The lowest BCUT2D eigenvalue weighted by atomic mass is 10.3. The molecule has 0 radical (unpaired) electrons. The van der Waals surface area contributed by atoms with Crippen LogP contribution >= 0.6 is 0 Å². The van der Waals surface area contributed by atoms with Crippen molar-refractivity contribution in [2.45, 2.75) is 27.7 Å². The Balaban J connectivity index is 1.97. The first-order chi connectivity index (χ1) is 14.7. The summed E-state index contributed by atoms with van der Waals surface area (Å²) in [6.07, 6.45) is 0. The molecule has 11 nitrogen and oxygen atoms in total. The van der Waals surface area contributed by atoms with Gasteiger partial charge in [-0.15, -0.1) is 20.4 Å². The monoisotopic (exact) mass is 413 g/mol. The molecule has 0 saturated heterocycles. The summed E-state index contributed by atoms with van der Waals surface area (Å²) in [5.41, 5.74) is 0.943. The van der Waals surface area contributed by atoms with E-state index in [0.717, 1.165) is 0 Å². The quantitative estimate of drug-likeness (QED) is 0.486. The van der Waals surface area contributed by atoms with Crippen LogP contribution in [0, 0.1) is 0 Å². The summed E-state index contributed by atoms with van der Waals surface area (Å²) in [6, 6.07) is 5.29. The first-order valence-corrected chi connectivity index (χ1v) is 9.68. The molecule has 0 spiro atoms. The van der Waals surface area contributed by atoms with Gasteiger partial charge in [0.15, 0.2) is 0 Å². The topological polar surface area (TPSA) is 127 Å². The van der Waals surface area contributed by atoms with Crippen LogP contribution in [0.15, 0.2) is 18.2 Å². The Morgan fingerprint density at radius 1 is 0.533 bits per heavy atom. The highest BCUT2D eigenvalue weighted by Crippen LogP contribution is 2.27. The van der Waals surface area contributed by atoms with Crippen LogP contribution in [0.2, 0.25) is 0 Å². The summed E-state index contributed by atoms with van der Waals surface area (Å²) in [5, 5.41) is 16.3. The third kappa shape index (κ3) is 4.85. The number of hydrogen-bond acceptors (Lipinski definition) is 11. The van der Waals surface area contributed by atoms with Crippen LogP contribution < -0.4 is 18.9 Å². The maximum absolute atomic E-state index is 5.51. The minimum atomic E-state index is 0.236. The van der Waals surface area contributed by atoms with Crippen LogP contribution in [0.25, 0.3) is 23.0 Å². The zero-order valence-corrected chi connectivity index (χ0v) is 17.3. The van der Waals surface area contributed by atoms with Gasteiger partial charge in [-0.05, 0) is 39.8 Å². The van der Waals surface area contributed by atoms with Gasteiger partial charge in [-0.3, -0.25) is 0 Å². The lowest BCUT2D eigenvalue weighted by Crippen LogP contribution is -2.07. The van der Waals surface area contributed by atoms with Crippen molar-refractivity contribution in [2.75, 3.05) is 26.4 Å². The smallest absolute Gasteiger partial charge is 0.297 e. The molecule has 0 N–H and O–H groups in total. The van der Waals surface area contributed by atoms with Gasteiger partial charge in [0.1, 0.15) is 11.4 Å². The van der Waals surface area contributed by atoms with Crippen LogP contribution in [-0.4, -0.2) is 61.8 Å². The van der Waals surface area contributed by atoms with Gasteiger partial charge in [0.2, 0.25) is 11.6 Å². The zero-order chi connectivity index (χ0) is 21.3. The summed E-state index contributed by atoms with van der Waals surface area (Å²) >= 11 is 0. The Labute approximate surface area is 173 Å². The average Bonchev–Trinajstić information content (AvgIpc) is 2.77. The van der Waals surface area contributed by atoms with E-state index in [1.54, 1.807) is 18.2 Å². The van der Waals surface area contributed by atoms with Crippen molar-refractivity contribution in [3.05, 3.63) is 18.2 Å². The van der Waals surface area contributed by atoms with E-state index in [2.05, 4.69) is 35.3 Å². The minimum Gasteiger partial charge on any atom is -0.474 e. The number of hydrogen-bond donors (Lipinski definition) is 0. The molecule has 3 aromatic heterocycles. The summed E-state index contributed by atoms with van der Waals surface area (Å²) in [6.45, 7) is 9.07. The number of aromatic nitrogens is 7. The van der Waals surface area contributed by atoms with Gasteiger partial charge in [-0.25, -0.2) is 4.98 Å². The molecular weight excluding hydrogens is 390 g/mol. The molecule has 0 bridgehead atoms. The highest BCUT2D eigenvalue weighted by molar-refractivity contribution is 5.58. The van der Waals surface area contributed by atoms with Crippen molar-refractivity contribution in [3.8, 4) is 46.6 Å². The van der Waals surface area contributed by atoms with E-state index in [1.165, 1.54) is 0 Å². The molecule has 0 aliphatic rings. The van der Waals surface area contributed by atoms with E-state index in [1.807, 2.05) is 27.7 Å². The molecule has 3 rings (SSSR count). The molecule has 0 fully saturated rings. The van der Waals surface area contributed by atoms with E-state index in [-0.39, 0.29) is 35.2 Å². The molecule has 0 aromatic carbocycles. The lowest BCUT2D eigenvalue weighted by Gasteiger charge is -2.10. The first-order valence-electron chi connectivity index (χ1n) is 9.68. The standard InChI is InChI=1S/C19H23N7O4/c1-5-27-16-18(29-7-3)25-23-14(21-16)12-10-9-11-13(20-12)15-22-17(28-6-2)19(26-24-15)30-8-4/h9-11H,5-8H2,1-4H3. The Bertz CT molecular complexity index is 912. The molecule has 3 heterocycles. The molecule has 0 aliphatic carbocycles. The fourth-order valence-electron chi connectivity index (χ4n) is 2.42. The minimum absolute atomic E-state index is 0.236. The maximum Gasteiger partial charge on any atom is 0.297 e. The summed E-state index contributed by atoms with van der Waals surface area (Å²) in [7, 11) is 0. The van der Waals surface area contributed by atoms with Gasteiger partial charge >= 0.3 is 0 Å². The van der Waals surface area contributed by atoms with E-state index in [9.17, 15) is 0 Å². The summed E-state index contributed by atoms with van der Waals surface area (Å²) in [5.74, 6) is 1.56. The predicted octanol–water partition coefficient (Wildman–Crippen LogP) is 2.38. The zero-order valence-electron chi connectivity index (χ0n) is 17.3.